The number of rotatable bonds is 1. The number of piperidine rings is 1. The summed E-state index contributed by atoms with van der Waals surface area (Å²) in [7, 11) is 0. The SMILES string of the molecule is Brc1cn[nH]c1C1CN2CCC1C2. The first-order valence-electron chi connectivity index (χ1n) is 4.75. The van der Waals surface area contributed by atoms with E-state index in [2.05, 4.69) is 31.0 Å². The fourth-order valence-electron chi connectivity index (χ4n) is 2.65. The van der Waals surface area contributed by atoms with Crippen molar-refractivity contribution in [2.24, 2.45) is 5.92 Å². The van der Waals surface area contributed by atoms with Crippen LogP contribution in [-0.2, 0) is 0 Å². The zero-order chi connectivity index (χ0) is 8.84. The van der Waals surface area contributed by atoms with E-state index >= 15 is 0 Å². The third kappa shape index (κ3) is 1.15. The van der Waals surface area contributed by atoms with E-state index in [4.69, 9.17) is 0 Å². The first-order chi connectivity index (χ1) is 6.34. The Bertz CT molecular complexity index is 322. The van der Waals surface area contributed by atoms with Crippen LogP contribution in [-0.4, -0.2) is 34.7 Å². The van der Waals surface area contributed by atoms with Gasteiger partial charge in [0.15, 0.2) is 0 Å². The van der Waals surface area contributed by atoms with Gasteiger partial charge in [-0.3, -0.25) is 5.10 Å². The summed E-state index contributed by atoms with van der Waals surface area (Å²) in [6, 6.07) is 0. The molecule has 3 heterocycles. The predicted molar refractivity (Wildman–Crippen MR) is 53.6 cm³/mol. The first-order valence-corrected chi connectivity index (χ1v) is 5.55. The van der Waals surface area contributed by atoms with Gasteiger partial charge in [0.1, 0.15) is 0 Å². The maximum absolute atomic E-state index is 4.06. The molecule has 13 heavy (non-hydrogen) atoms. The molecule has 0 radical (unpaired) electrons. The number of halogens is 1. The van der Waals surface area contributed by atoms with Crippen molar-refractivity contribution in [1.29, 1.82) is 0 Å². The highest BCUT2D eigenvalue weighted by molar-refractivity contribution is 9.10. The van der Waals surface area contributed by atoms with Gasteiger partial charge in [-0.1, -0.05) is 0 Å². The van der Waals surface area contributed by atoms with Crippen LogP contribution in [0.1, 0.15) is 18.0 Å². The highest BCUT2D eigenvalue weighted by Crippen LogP contribution is 2.40. The molecule has 1 N–H and O–H groups in total. The van der Waals surface area contributed by atoms with E-state index in [1.54, 1.807) is 0 Å². The van der Waals surface area contributed by atoms with Crippen molar-refractivity contribution in [3.63, 3.8) is 0 Å². The van der Waals surface area contributed by atoms with Crippen LogP contribution in [0.4, 0.5) is 0 Å². The van der Waals surface area contributed by atoms with Gasteiger partial charge < -0.3 is 4.90 Å². The van der Waals surface area contributed by atoms with E-state index in [-0.39, 0.29) is 0 Å². The van der Waals surface area contributed by atoms with Crippen LogP contribution in [0, 0.1) is 5.92 Å². The standard InChI is InChI=1S/C9H12BrN3/c10-8-3-11-12-9(8)7-5-13-2-1-6(7)4-13/h3,6-7H,1-2,4-5H2,(H,11,12). The number of nitrogens with one attached hydrogen (secondary N) is 1. The van der Waals surface area contributed by atoms with Gasteiger partial charge in [0, 0.05) is 19.0 Å². The molecule has 3 atom stereocenters. The van der Waals surface area contributed by atoms with Gasteiger partial charge in [-0.05, 0) is 34.8 Å². The minimum atomic E-state index is 0.686. The molecule has 3 rings (SSSR count). The van der Waals surface area contributed by atoms with Crippen molar-refractivity contribution in [2.45, 2.75) is 12.3 Å². The quantitative estimate of drug-likeness (QED) is 0.810. The lowest BCUT2D eigenvalue weighted by atomic mass is 9.90. The number of fused-ring (bicyclic) bond motifs is 2. The van der Waals surface area contributed by atoms with Gasteiger partial charge in [0.2, 0.25) is 0 Å². The van der Waals surface area contributed by atoms with Crippen molar-refractivity contribution in [1.82, 2.24) is 15.1 Å². The average Bonchev–Trinajstić information content (AvgIpc) is 2.77. The summed E-state index contributed by atoms with van der Waals surface area (Å²) < 4.78 is 1.14. The molecule has 0 saturated carbocycles. The van der Waals surface area contributed by atoms with Crippen LogP contribution in [0.15, 0.2) is 10.7 Å². The Kier molecular flexibility index (Phi) is 1.73. The van der Waals surface area contributed by atoms with Crippen LogP contribution in [0.5, 0.6) is 0 Å². The third-order valence-corrected chi connectivity index (χ3v) is 3.96. The van der Waals surface area contributed by atoms with Crippen LogP contribution in [0.3, 0.4) is 0 Å². The van der Waals surface area contributed by atoms with Gasteiger partial charge in [-0.15, -0.1) is 0 Å². The number of hydrogen-bond donors (Lipinski definition) is 1. The monoisotopic (exact) mass is 241 g/mol. The second-order valence-corrected chi connectivity index (χ2v) is 4.90. The minimum absolute atomic E-state index is 0.686. The van der Waals surface area contributed by atoms with Gasteiger partial charge in [0.25, 0.3) is 0 Å². The third-order valence-electron chi connectivity index (χ3n) is 3.32. The lowest BCUT2D eigenvalue weighted by Gasteiger charge is -2.20. The predicted octanol–water partition coefficient (Wildman–Crippen LogP) is 1.59. The molecule has 2 aliphatic rings. The molecule has 70 valence electrons. The molecule has 0 aromatic carbocycles. The average molecular weight is 242 g/mol. The molecule has 2 aliphatic heterocycles. The van der Waals surface area contributed by atoms with Gasteiger partial charge in [-0.2, -0.15) is 5.10 Å². The molecular weight excluding hydrogens is 230 g/mol. The van der Waals surface area contributed by atoms with E-state index in [9.17, 15) is 0 Å². The Morgan fingerprint density at radius 3 is 3.00 bits per heavy atom. The number of aromatic amines is 1. The topological polar surface area (TPSA) is 31.9 Å². The summed E-state index contributed by atoms with van der Waals surface area (Å²) >= 11 is 3.54. The van der Waals surface area contributed by atoms with E-state index in [0.29, 0.717) is 5.92 Å². The Morgan fingerprint density at radius 2 is 2.46 bits per heavy atom. The van der Waals surface area contributed by atoms with E-state index in [0.717, 1.165) is 10.4 Å². The highest BCUT2D eigenvalue weighted by Gasteiger charge is 2.40. The Hall–Kier alpha value is -0.350. The Labute approximate surface area is 85.6 Å². The molecule has 0 aliphatic carbocycles. The molecule has 3 nitrogen and oxygen atoms in total. The van der Waals surface area contributed by atoms with Crippen LogP contribution < -0.4 is 0 Å². The molecular formula is C9H12BrN3. The highest BCUT2D eigenvalue weighted by atomic mass is 79.9. The smallest absolute Gasteiger partial charge is 0.0632 e. The summed E-state index contributed by atoms with van der Waals surface area (Å²) in [6.45, 7) is 3.80. The van der Waals surface area contributed by atoms with E-state index in [1.165, 1.54) is 31.7 Å². The van der Waals surface area contributed by atoms with Gasteiger partial charge in [0.05, 0.1) is 16.4 Å². The van der Waals surface area contributed by atoms with Gasteiger partial charge >= 0.3 is 0 Å². The number of hydrogen-bond acceptors (Lipinski definition) is 2. The zero-order valence-electron chi connectivity index (χ0n) is 7.33. The summed E-state index contributed by atoms with van der Waals surface area (Å²) in [4.78, 5) is 2.54. The number of H-pyrrole nitrogens is 1. The van der Waals surface area contributed by atoms with Crippen LogP contribution in [0.2, 0.25) is 0 Å². The normalized spacial score (nSPS) is 37.2. The molecule has 4 heteroatoms. The minimum Gasteiger partial charge on any atom is -0.302 e. The largest absolute Gasteiger partial charge is 0.302 e. The van der Waals surface area contributed by atoms with E-state index < -0.39 is 0 Å². The molecule has 2 saturated heterocycles. The fraction of sp³-hybridized carbons (Fsp3) is 0.667. The molecule has 1 aromatic heterocycles. The van der Waals surface area contributed by atoms with Crippen LogP contribution in [0.25, 0.3) is 0 Å². The molecule has 3 unspecified atom stereocenters. The van der Waals surface area contributed by atoms with E-state index in [1.807, 2.05) is 6.20 Å². The van der Waals surface area contributed by atoms with Crippen molar-refractivity contribution in [3.8, 4) is 0 Å². The maximum Gasteiger partial charge on any atom is 0.0632 e. The molecule has 1 aromatic rings. The van der Waals surface area contributed by atoms with Crippen molar-refractivity contribution < 1.29 is 0 Å². The first kappa shape index (κ1) is 8.00. The lowest BCUT2D eigenvalue weighted by molar-refractivity contribution is 0.343. The van der Waals surface area contributed by atoms with Crippen molar-refractivity contribution in [2.75, 3.05) is 19.6 Å². The van der Waals surface area contributed by atoms with Crippen LogP contribution >= 0.6 is 15.9 Å². The van der Waals surface area contributed by atoms with Crippen molar-refractivity contribution >= 4 is 15.9 Å². The maximum atomic E-state index is 4.06. The Balaban J connectivity index is 1.91. The second-order valence-electron chi connectivity index (χ2n) is 4.05. The molecule has 2 fully saturated rings. The number of aromatic nitrogens is 2. The summed E-state index contributed by atoms with van der Waals surface area (Å²) in [5.74, 6) is 1.54. The molecule has 2 bridgehead atoms. The lowest BCUT2D eigenvalue weighted by Crippen LogP contribution is -2.22. The summed E-state index contributed by atoms with van der Waals surface area (Å²) in [5, 5.41) is 7.17. The zero-order valence-corrected chi connectivity index (χ0v) is 8.92. The Morgan fingerprint density at radius 1 is 1.54 bits per heavy atom. The second kappa shape index (κ2) is 2.82. The fourth-order valence-corrected chi connectivity index (χ4v) is 3.14. The summed E-state index contributed by atoms with van der Waals surface area (Å²) in [6.07, 6.45) is 3.22. The van der Waals surface area contributed by atoms with Crippen molar-refractivity contribution in [3.05, 3.63) is 16.4 Å². The van der Waals surface area contributed by atoms with Gasteiger partial charge in [-0.25, -0.2) is 0 Å². The molecule has 0 amide bonds. The number of nitrogens with zero attached hydrogens (tertiary/aromatic N) is 2. The molecule has 0 spiro atoms. The summed E-state index contributed by atoms with van der Waals surface area (Å²) in [5.41, 5.74) is 1.30.